The first-order chi connectivity index (χ1) is 14.7. The second-order valence-corrected chi connectivity index (χ2v) is 11.3. The minimum atomic E-state index is -0.0186. The van der Waals surface area contributed by atoms with E-state index in [4.69, 9.17) is 15.1 Å². The maximum Gasteiger partial charge on any atom is 0.167 e. The van der Waals surface area contributed by atoms with Crippen LogP contribution >= 0.6 is 11.3 Å². The summed E-state index contributed by atoms with van der Waals surface area (Å²) in [5, 5.41) is 19.2. The van der Waals surface area contributed by atoms with Gasteiger partial charge in [-0.3, -0.25) is 0 Å². The van der Waals surface area contributed by atoms with Crippen LogP contribution < -0.4 is 0 Å². The molecule has 0 amide bonds. The van der Waals surface area contributed by atoms with Gasteiger partial charge in [-0.1, -0.05) is 0 Å². The maximum atomic E-state index is 5.25. The summed E-state index contributed by atoms with van der Waals surface area (Å²) in [7, 11) is 0. The number of hydrogen-bond donors (Lipinski definition) is 0. The summed E-state index contributed by atoms with van der Waals surface area (Å²) >= 11 is 1.85. The zero-order valence-corrected chi connectivity index (χ0v) is 17.5. The fraction of sp³-hybridized carbons (Fsp3) is 0.619. The lowest BCUT2D eigenvalue weighted by Crippen LogP contribution is -2.59. The molecule has 30 heavy (non-hydrogen) atoms. The standard InChI is InChI=1S/C21H22N8S/c1-2-14-15(3-1)30-18-16(14)17-25-19(26-28(17)11-22-18)20-5-12-4-13(6-20)8-21(7-12,9-20)29-24-10-23-27-29/h10-13H,1-9H2/t12-,13-,20?,21?/m0/s1. The van der Waals surface area contributed by atoms with Gasteiger partial charge in [-0.15, -0.1) is 26.6 Å². The molecule has 0 spiro atoms. The third-order valence-corrected chi connectivity index (χ3v) is 9.52. The van der Waals surface area contributed by atoms with Gasteiger partial charge in [0.15, 0.2) is 17.8 Å². The predicted molar refractivity (Wildman–Crippen MR) is 110 cm³/mol. The number of fused-ring (bicyclic) bond motifs is 5. The molecule has 4 heterocycles. The topological polar surface area (TPSA) is 86.7 Å². The van der Waals surface area contributed by atoms with E-state index < -0.39 is 0 Å². The van der Waals surface area contributed by atoms with Crippen LogP contribution in [0.4, 0.5) is 0 Å². The highest BCUT2D eigenvalue weighted by Gasteiger charge is 2.61. The molecule has 5 aliphatic carbocycles. The van der Waals surface area contributed by atoms with E-state index in [9.17, 15) is 0 Å². The van der Waals surface area contributed by atoms with Crippen LogP contribution in [-0.2, 0) is 23.8 Å². The number of thiophene rings is 1. The van der Waals surface area contributed by atoms with Crippen LogP contribution in [0.25, 0.3) is 15.9 Å². The second-order valence-electron chi connectivity index (χ2n) is 10.2. The monoisotopic (exact) mass is 418 g/mol. The van der Waals surface area contributed by atoms with E-state index in [1.54, 1.807) is 6.33 Å². The molecule has 0 unspecified atom stereocenters. The molecule has 4 saturated carbocycles. The molecule has 5 aliphatic rings. The van der Waals surface area contributed by atoms with Gasteiger partial charge >= 0.3 is 0 Å². The van der Waals surface area contributed by atoms with Crippen LogP contribution in [-0.4, -0.2) is 39.8 Å². The number of tetrazole rings is 1. The predicted octanol–water partition coefficient (Wildman–Crippen LogP) is 3.06. The van der Waals surface area contributed by atoms with Crippen molar-refractivity contribution in [2.24, 2.45) is 11.8 Å². The third kappa shape index (κ3) is 1.93. The minimum absolute atomic E-state index is 0.0186. The van der Waals surface area contributed by atoms with E-state index >= 15 is 0 Å². The Morgan fingerprint density at radius 2 is 2.00 bits per heavy atom. The molecule has 0 aromatic carbocycles. The molecule has 9 rings (SSSR count). The number of aryl methyl sites for hydroxylation is 2. The van der Waals surface area contributed by atoms with Crippen molar-refractivity contribution < 1.29 is 0 Å². The van der Waals surface area contributed by atoms with Crippen molar-refractivity contribution in [2.75, 3.05) is 0 Å². The molecule has 4 aromatic heterocycles. The van der Waals surface area contributed by atoms with Crippen LogP contribution in [0.15, 0.2) is 12.7 Å². The van der Waals surface area contributed by atoms with Gasteiger partial charge < -0.3 is 0 Å². The SMILES string of the molecule is c1nnn(C23C[C@H]4C[C@@H](CC(c5nc6c7c8c(sc7ncn6n5)CCC8)(C4)C2)C3)n1. The normalized spacial score (nSPS) is 34.4. The fourth-order valence-corrected chi connectivity index (χ4v) is 8.94. The quantitative estimate of drug-likeness (QED) is 0.497. The summed E-state index contributed by atoms with van der Waals surface area (Å²) in [5.41, 5.74) is 2.49. The highest BCUT2D eigenvalue weighted by atomic mass is 32.1. The van der Waals surface area contributed by atoms with E-state index in [0.717, 1.165) is 29.1 Å². The van der Waals surface area contributed by atoms with Crippen molar-refractivity contribution in [3.63, 3.8) is 0 Å². The van der Waals surface area contributed by atoms with Crippen LogP contribution in [0.2, 0.25) is 0 Å². The van der Waals surface area contributed by atoms with Gasteiger partial charge in [0.1, 0.15) is 11.2 Å². The van der Waals surface area contributed by atoms with Gasteiger partial charge in [-0.25, -0.2) is 14.5 Å². The first-order valence-corrected chi connectivity index (χ1v) is 11.9. The number of nitrogens with zero attached hydrogens (tertiary/aromatic N) is 8. The number of aromatic nitrogens is 8. The first kappa shape index (κ1) is 16.3. The van der Waals surface area contributed by atoms with Crippen molar-refractivity contribution in [1.82, 2.24) is 39.8 Å². The average molecular weight is 419 g/mol. The Morgan fingerprint density at radius 3 is 2.83 bits per heavy atom. The lowest BCUT2D eigenvalue weighted by atomic mass is 9.46. The Balaban J connectivity index is 1.32. The van der Waals surface area contributed by atoms with E-state index in [1.807, 2.05) is 27.0 Å². The van der Waals surface area contributed by atoms with Crippen LogP contribution in [0.3, 0.4) is 0 Å². The lowest BCUT2D eigenvalue weighted by Gasteiger charge is -2.60. The van der Waals surface area contributed by atoms with E-state index in [2.05, 4.69) is 15.4 Å². The summed E-state index contributed by atoms with van der Waals surface area (Å²) < 4.78 is 1.95. The van der Waals surface area contributed by atoms with Crippen molar-refractivity contribution in [2.45, 2.75) is 68.7 Å². The molecule has 8 nitrogen and oxygen atoms in total. The Morgan fingerprint density at radius 1 is 1.10 bits per heavy atom. The van der Waals surface area contributed by atoms with Gasteiger partial charge in [-0.05, 0) is 80.4 Å². The smallest absolute Gasteiger partial charge is 0.167 e. The number of rotatable bonds is 2. The summed E-state index contributed by atoms with van der Waals surface area (Å²) in [5.74, 6) is 2.42. The van der Waals surface area contributed by atoms with Gasteiger partial charge in [0.25, 0.3) is 0 Å². The summed E-state index contributed by atoms with van der Waals surface area (Å²) in [6, 6.07) is 0. The zero-order valence-electron chi connectivity index (χ0n) is 16.7. The molecule has 0 N–H and O–H groups in total. The Hall–Kier alpha value is -2.42. The molecule has 0 saturated heterocycles. The molecule has 4 fully saturated rings. The first-order valence-electron chi connectivity index (χ1n) is 11.1. The highest BCUT2D eigenvalue weighted by molar-refractivity contribution is 7.19. The Labute approximate surface area is 176 Å². The third-order valence-electron chi connectivity index (χ3n) is 8.32. The van der Waals surface area contributed by atoms with Crippen molar-refractivity contribution in [3.8, 4) is 0 Å². The van der Waals surface area contributed by atoms with Crippen LogP contribution in [0, 0.1) is 11.8 Å². The van der Waals surface area contributed by atoms with Gasteiger partial charge in [0.05, 0.1) is 10.9 Å². The maximum absolute atomic E-state index is 5.25. The largest absolute Gasteiger partial charge is 0.225 e. The molecule has 4 aromatic rings. The van der Waals surface area contributed by atoms with Crippen LogP contribution in [0.5, 0.6) is 0 Å². The van der Waals surface area contributed by atoms with Crippen molar-refractivity contribution in [3.05, 3.63) is 28.9 Å². The van der Waals surface area contributed by atoms with E-state index in [0.29, 0.717) is 11.8 Å². The highest BCUT2D eigenvalue weighted by Crippen LogP contribution is 2.64. The van der Waals surface area contributed by atoms with Gasteiger partial charge in [0.2, 0.25) is 0 Å². The van der Waals surface area contributed by atoms with Crippen molar-refractivity contribution >= 4 is 27.2 Å². The molecular weight excluding hydrogens is 396 g/mol. The molecule has 0 radical (unpaired) electrons. The van der Waals surface area contributed by atoms with E-state index in [-0.39, 0.29) is 11.0 Å². The summed E-state index contributed by atoms with van der Waals surface area (Å²) in [6.45, 7) is 0. The molecular formula is C21H22N8S. The lowest BCUT2D eigenvalue weighted by molar-refractivity contribution is -0.0785. The second kappa shape index (κ2) is 5.25. The number of hydrogen-bond acceptors (Lipinski definition) is 7. The van der Waals surface area contributed by atoms with Crippen molar-refractivity contribution in [1.29, 1.82) is 0 Å². The average Bonchev–Trinajstić information content (AvgIpc) is 3.48. The van der Waals surface area contributed by atoms with Gasteiger partial charge in [-0.2, -0.15) is 4.80 Å². The molecule has 9 heteroatoms. The van der Waals surface area contributed by atoms with E-state index in [1.165, 1.54) is 60.8 Å². The fourth-order valence-electron chi connectivity index (χ4n) is 7.71. The Bertz CT molecular complexity index is 1300. The molecule has 4 bridgehead atoms. The summed E-state index contributed by atoms with van der Waals surface area (Å²) in [6.07, 6.45) is 14.1. The van der Waals surface area contributed by atoms with Crippen LogP contribution in [0.1, 0.15) is 61.2 Å². The minimum Gasteiger partial charge on any atom is -0.225 e. The zero-order chi connectivity index (χ0) is 19.5. The molecule has 0 aliphatic heterocycles. The molecule has 2 atom stereocenters. The molecule has 152 valence electrons. The van der Waals surface area contributed by atoms with Gasteiger partial charge in [0, 0.05) is 10.3 Å². The summed E-state index contributed by atoms with van der Waals surface area (Å²) in [4.78, 5) is 14.5. The Kier molecular flexibility index (Phi) is 2.85.